The summed E-state index contributed by atoms with van der Waals surface area (Å²) < 4.78 is 7.05. The fraction of sp³-hybridized carbons (Fsp3) is 0.262. The summed E-state index contributed by atoms with van der Waals surface area (Å²) in [6.07, 6.45) is 4.63. The molecule has 8 aromatic carbocycles. The molecule has 12 rings (SSSR count). The number of para-hydroxylation sites is 2. The molecule has 67 heavy (non-hydrogen) atoms. The van der Waals surface area contributed by atoms with Crippen molar-refractivity contribution in [1.29, 1.82) is 0 Å². The number of anilines is 3. The van der Waals surface area contributed by atoms with E-state index in [0.717, 1.165) is 58.3 Å². The Hall–Kier alpha value is -6.64. The van der Waals surface area contributed by atoms with Crippen LogP contribution in [0.25, 0.3) is 44.2 Å². The maximum Gasteiger partial charge on any atom is 0.159 e. The van der Waals surface area contributed by atoms with E-state index in [9.17, 15) is 0 Å². The number of rotatable bonds is 6. The molecule has 0 bridgehead atoms. The zero-order valence-electron chi connectivity index (χ0n) is 40.4. The molecule has 0 amide bonds. The van der Waals surface area contributed by atoms with Gasteiger partial charge in [-0.15, -0.1) is 0 Å². The van der Waals surface area contributed by atoms with E-state index in [0.29, 0.717) is 0 Å². The van der Waals surface area contributed by atoms with E-state index in [1.807, 2.05) is 0 Å². The molecule has 2 nitrogen and oxygen atoms in total. The molecular formula is C65H61NO. The highest BCUT2D eigenvalue weighted by Crippen LogP contribution is 2.60. The maximum atomic E-state index is 7.05. The fourth-order valence-electron chi connectivity index (χ4n) is 12.7. The molecule has 3 aliphatic carbocycles. The molecule has 0 saturated heterocycles. The van der Waals surface area contributed by atoms with Crippen LogP contribution in [0.1, 0.15) is 126 Å². The Balaban J connectivity index is 1.25. The normalized spacial score (nSPS) is 17.9. The van der Waals surface area contributed by atoms with Gasteiger partial charge in [0.1, 0.15) is 5.58 Å². The Morgan fingerprint density at radius 3 is 1.60 bits per heavy atom. The van der Waals surface area contributed by atoms with Gasteiger partial charge < -0.3 is 9.32 Å². The van der Waals surface area contributed by atoms with Gasteiger partial charge >= 0.3 is 0 Å². The van der Waals surface area contributed by atoms with Crippen LogP contribution in [0.4, 0.5) is 17.1 Å². The summed E-state index contributed by atoms with van der Waals surface area (Å²) in [5.74, 6) is 0. The second kappa shape index (κ2) is 14.7. The highest BCUT2D eigenvalue weighted by molar-refractivity contribution is 6.11. The van der Waals surface area contributed by atoms with E-state index in [1.54, 1.807) is 0 Å². The molecular weight excluding hydrogens is 811 g/mol. The van der Waals surface area contributed by atoms with Crippen LogP contribution < -0.4 is 4.90 Å². The van der Waals surface area contributed by atoms with E-state index in [-0.39, 0.29) is 21.7 Å². The average molecular weight is 872 g/mol. The van der Waals surface area contributed by atoms with Gasteiger partial charge in [-0.3, -0.25) is 0 Å². The van der Waals surface area contributed by atoms with E-state index >= 15 is 0 Å². The van der Waals surface area contributed by atoms with Gasteiger partial charge in [-0.2, -0.15) is 0 Å². The Kier molecular flexibility index (Phi) is 9.15. The lowest BCUT2D eigenvalue weighted by molar-refractivity contribution is 0.332. The van der Waals surface area contributed by atoms with Gasteiger partial charge in [0.05, 0.1) is 16.8 Å². The maximum absolute atomic E-state index is 7.05. The number of nitrogens with zero attached hydrogens (tertiary/aromatic N) is 1. The van der Waals surface area contributed by atoms with Crippen LogP contribution >= 0.6 is 0 Å². The summed E-state index contributed by atoms with van der Waals surface area (Å²) in [7, 11) is 0. The minimum absolute atomic E-state index is 0.00691. The molecule has 1 aromatic heterocycles. The molecule has 1 heterocycles. The Morgan fingerprint density at radius 1 is 0.373 bits per heavy atom. The summed E-state index contributed by atoms with van der Waals surface area (Å²) in [5, 5.41) is 2.25. The Bertz CT molecular complexity index is 3380. The Morgan fingerprint density at radius 2 is 0.925 bits per heavy atom. The van der Waals surface area contributed by atoms with Crippen molar-refractivity contribution in [3.63, 3.8) is 0 Å². The van der Waals surface area contributed by atoms with Crippen LogP contribution in [0.15, 0.2) is 180 Å². The lowest BCUT2D eigenvalue weighted by atomic mass is 9.63. The highest BCUT2D eigenvalue weighted by Gasteiger charge is 2.47. The van der Waals surface area contributed by atoms with Crippen molar-refractivity contribution in [2.24, 2.45) is 0 Å². The third-order valence-corrected chi connectivity index (χ3v) is 16.7. The first-order valence-electron chi connectivity index (χ1n) is 24.6. The van der Waals surface area contributed by atoms with Crippen molar-refractivity contribution in [1.82, 2.24) is 0 Å². The number of benzene rings is 8. The summed E-state index contributed by atoms with van der Waals surface area (Å²) in [6.45, 7) is 19.5. The molecule has 0 atom stereocenters. The van der Waals surface area contributed by atoms with Gasteiger partial charge in [0.25, 0.3) is 0 Å². The largest absolute Gasteiger partial charge is 0.454 e. The van der Waals surface area contributed by atoms with Crippen LogP contribution in [0.3, 0.4) is 0 Å². The van der Waals surface area contributed by atoms with E-state index < -0.39 is 5.41 Å². The van der Waals surface area contributed by atoms with Gasteiger partial charge in [0.15, 0.2) is 5.58 Å². The smallest absolute Gasteiger partial charge is 0.159 e. The van der Waals surface area contributed by atoms with Gasteiger partial charge in [-0.05, 0) is 145 Å². The number of hydrogen-bond acceptors (Lipinski definition) is 2. The molecule has 3 aliphatic rings. The van der Waals surface area contributed by atoms with Crippen molar-refractivity contribution >= 4 is 39.0 Å². The molecule has 0 N–H and O–H groups in total. The summed E-state index contributed by atoms with van der Waals surface area (Å²) in [6, 6.07) is 66.8. The molecule has 0 unspecified atom stereocenters. The van der Waals surface area contributed by atoms with Gasteiger partial charge in [-0.25, -0.2) is 0 Å². The molecule has 0 aliphatic heterocycles. The van der Waals surface area contributed by atoms with Crippen LogP contribution in [0.5, 0.6) is 0 Å². The number of hydrogen-bond donors (Lipinski definition) is 0. The van der Waals surface area contributed by atoms with Gasteiger partial charge in [0, 0.05) is 22.0 Å². The zero-order valence-corrected chi connectivity index (χ0v) is 40.4. The third kappa shape index (κ3) is 6.21. The summed E-state index contributed by atoms with van der Waals surface area (Å²) in [4.78, 5) is 2.57. The minimum Gasteiger partial charge on any atom is -0.454 e. The predicted molar refractivity (Wildman–Crippen MR) is 282 cm³/mol. The van der Waals surface area contributed by atoms with Crippen molar-refractivity contribution in [2.75, 3.05) is 4.90 Å². The summed E-state index contributed by atoms with van der Waals surface area (Å²) >= 11 is 0. The second-order valence-corrected chi connectivity index (χ2v) is 22.6. The topological polar surface area (TPSA) is 16.4 Å². The SMILES string of the molecule is CC1(C)CCC(C)(C)c2cc(-c3cc4c(cc3N(c3ccc5c(c3)C(C)(C)CCC5(C)C)c3cccc5c3oc3ccccc35)C(c3ccccc3)(c3ccccc3)c3ccccc3-4)ccc21. The van der Waals surface area contributed by atoms with Crippen LogP contribution in [0.2, 0.25) is 0 Å². The number of furan rings is 1. The van der Waals surface area contributed by atoms with E-state index in [4.69, 9.17) is 4.42 Å². The average Bonchev–Trinajstić information content (AvgIpc) is 3.86. The lowest BCUT2D eigenvalue weighted by Gasteiger charge is -2.43. The van der Waals surface area contributed by atoms with Crippen LogP contribution in [-0.4, -0.2) is 0 Å². The van der Waals surface area contributed by atoms with Gasteiger partial charge in [-0.1, -0.05) is 195 Å². The first-order valence-corrected chi connectivity index (χ1v) is 24.6. The third-order valence-electron chi connectivity index (χ3n) is 16.7. The van der Waals surface area contributed by atoms with E-state index in [1.165, 1.54) is 73.2 Å². The van der Waals surface area contributed by atoms with Crippen LogP contribution in [0, 0.1) is 0 Å². The molecule has 0 saturated carbocycles. The van der Waals surface area contributed by atoms with E-state index in [2.05, 4.69) is 236 Å². The van der Waals surface area contributed by atoms with Crippen molar-refractivity contribution in [2.45, 2.75) is 108 Å². The first kappa shape index (κ1) is 41.8. The lowest BCUT2D eigenvalue weighted by Crippen LogP contribution is -2.34. The molecule has 0 fully saturated rings. The van der Waals surface area contributed by atoms with Crippen molar-refractivity contribution in [3.8, 4) is 22.3 Å². The van der Waals surface area contributed by atoms with Crippen LogP contribution in [-0.2, 0) is 27.1 Å². The molecule has 332 valence electrons. The predicted octanol–water partition coefficient (Wildman–Crippen LogP) is 17.8. The number of fused-ring (bicyclic) bond motifs is 8. The summed E-state index contributed by atoms with van der Waals surface area (Å²) in [5.41, 5.74) is 20.6. The fourth-order valence-corrected chi connectivity index (χ4v) is 12.7. The Labute approximate surface area is 397 Å². The molecule has 0 radical (unpaired) electrons. The highest BCUT2D eigenvalue weighted by atomic mass is 16.3. The van der Waals surface area contributed by atoms with Crippen molar-refractivity contribution in [3.05, 3.63) is 220 Å². The standard InChI is InChI=1S/C65H61NO/c1-61(2)34-36-63(5,6)55-38-42(30-32-52(55)61)49-40-50-46-24-15-17-27-51(46)65(43-20-11-9-12-21-43,44-22-13-10-14-23-44)54(50)41-58(49)66(45-31-33-53-56(39-45)64(7,8)37-35-62(53,3)4)57-28-19-26-48-47-25-16-18-29-59(47)67-60(48)57/h9-33,38-41H,34-37H2,1-8H3. The molecule has 9 aromatic rings. The quantitative estimate of drug-likeness (QED) is 0.166. The first-order chi connectivity index (χ1) is 32.2. The zero-order chi connectivity index (χ0) is 46.1. The second-order valence-electron chi connectivity index (χ2n) is 22.6. The molecule has 2 heteroatoms. The van der Waals surface area contributed by atoms with Gasteiger partial charge in [0.2, 0.25) is 0 Å². The van der Waals surface area contributed by atoms with Crippen molar-refractivity contribution < 1.29 is 4.42 Å². The molecule has 0 spiro atoms. The monoisotopic (exact) mass is 871 g/mol. The minimum atomic E-state index is -0.581.